The van der Waals surface area contributed by atoms with Crippen LogP contribution in [0.4, 0.5) is 5.69 Å². The Bertz CT molecular complexity index is 711. The van der Waals surface area contributed by atoms with Crippen molar-refractivity contribution in [3.63, 3.8) is 0 Å². The molecule has 120 valence electrons. The number of anilines is 1. The Morgan fingerprint density at radius 2 is 2.09 bits per heavy atom. The molecule has 0 spiro atoms. The van der Waals surface area contributed by atoms with Gasteiger partial charge >= 0.3 is 0 Å². The molecule has 0 atom stereocenters. The summed E-state index contributed by atoms with van der Waals surface area (Å²) in [6.45, 7) is 0. The summed E-state index contributed by atoms with van der Waals surface area (Å²) < 4.78 is 15.5. The number of hydrogen-bond donors (Lipinski definition) is 2. The van der Waals surface area contributed by atoms with Gasteiger partial charge in [0.25, 0.3) is 0 Å². The average Bonchev–Trinajstić information content (AvgIpc) is 3.06. The Hall–Kier alpha value is -2.80. The van der Waals surface area contributed by atoms with E-state index in [-0.39, 0.29) is 11.0 Å². The number of benzene rings is 1. The van der Waals surface area contributed by atoms with Gasteiger partial charge in [0.2, 0.25) is 5.91 Å². The van der Waals surface area contributed by atoms with Gasteiger partial charge in [0.15, 0.2) is 5.11 Å². The molecule has 0 bridgehead atoms. The van der Waals surface area contributed by atoms with Crippen LogP contribution in [0.5, 0.6) is 11.5 Å². The van der Waals surface area contributed by atoms with E-state index in [9.17, 15) is 4.79 Å². The molecule has 1 aromatic carbocycles. The van der Waals surface area contributed by atoms with Crippen LogP contribution in [-0.2, 0) is 4.79 Å². The van der Waals surface area contributed by atoms with Crippen LogP contribution in [-0.4, -0.2) is 25.2 Å². The lowest BCUT2D eigenvalue weighted by atomic mass is 10.2. The Balaban J connectivity index is 1.97. The van der Waals surface area contributed by atoms with Crippen molar-refractivity contribution in [3.05, 3.63) is 48.4 Å². The maximum Gasteiger partial charge on any atom is 0.250 e. The molecule has 0 radical (unpaired) electrons. The highest BCUT2D eigenvalue weighted by Gasteiger charge is 2.08. The normalized spacial score (nSPS) is 10.3. The number of methoxy groups -OCH3 is 2. The Kier molecular flexibility index (Phi) is 5.76. The third kappa shape index (κ3) is 4.86. The van der Waals surface area contributed by atoms with E-state index in [1.54, 1.807) is 50.6 Å². The fourth-order valence-electron chi connectivity index (χ4n) is 1.76. The highest BCUT2D eigenvalue weighted by Crippen LogP contribution is 2.28. The van der Waals surface area contributed by atoms with Gasteiger partial charge in [-0.3, -0.25) is 10.1 Å². The standard InChI is InChI=1S/C16H16N2O4S/c1-20-12-5-7-14(21-2)13(10-12)17-16(23)18-15(19)8-6-11-4-3-9-22-11/h3-10H,1-2H3,(H2,17,18,19,23). The molecule has 0 fully saturated rings. The number of carbonyl (C=O) groups excluding carboxylic acids is 1. The number of carbonyl (C=O) groups is 1. The molecule has 7 heteroatoms. The topological polar surface area (TPSA) is 72.7 Å². The molecule has 0 aliphatic carbocycles. The first-order chi connectivity index (χ1) is 11.1. The highest BCUT2D eigenvalue weighted by molar-refractivity contribution is 7.80. The molecule has 6 nitrogen and oxygen atoms in total. The Morgan fingerprint density at radius 1 is 1.26 bits per heavy atom. The van der Waals surface area contributed by atoms with Crippen LogP contribution in [0.25, 0.3) is 6.08 Å². The largest absolute Gasteiger partial charge is 0.497 e. The van der Waals surface area contributed by atoms with Gasteiger partial charge in [-0.05, 0) is 42.6 Å². The monoisotopic (exact) mass is 332 g/mol. The summed E-state index contributed by atoms with van der Waals surface area (Å²) in [6.07, 6.45) is 4.40. The zero-order chi connectivity index (χ0) is 16.7. The van der Waals surface area contributed by atoms with Gasteiger partial charge in [-0.15, -0.1) is 0 Å². The predicted molar refractivity (Wildman–Crippen MR) is 91.7 cm³/mol. The minimum absolute atomic E-state index is 0.144. The van der Waals surface area contributed by atoms with Gasteiger partial charge in [0.1, 0.15) is 17.3 Å². The minimum atomic E-state index is -0.374. The van der Waals surface area contributed by atoms with Gasteiger partial charge in [-0.2, -0.15) is 0 Å². The molecule has 0 unspecified atom stereocenters. The van der Waals surface area contributed by atoms with E-state index in [0.29, 0.717) is 22.9 Å². The van der Waals surface area contributed by atoms with Gasteiger partial charge in [-0.25, -0.2) is 0 Å². The van der Waals surface area contributed by atoms with Crippen molar-refractivity contribution in [1.29, 1.82) is 0 Å². The molecule has 0 saturated heterocycles. The number of rotatable bonds is 5. The zero-order valence-corrected chi connectivity index (χ0v) is 13.5. The number of amides is 1. The maximum absolute atomic E-state index is 11.8. The first-order valence-corrected chi connectivity index (χ1v) is 7.09. The lowest BCUT2D eigenvalue weighted by molar-refractivity contribution is -0.115. The van der Waals surface area contributed by atoms with Crippen molar-refractivity contribution in [2.45, 2.75) is 0 Å². The molecule has 0 aliphatic rings. The first-order valence-electron chi connectivity index (χ1n) is 6.68. The van der Waals surface area contributed by atoms with Gasteiger partial charge in [0, 0.05) is 12.1 Å². The fourth-order valence-corrected chi connectivity index (χ4v) is 1.97. The molecule has 0 saturated carbocycles. The van der Waals surface area contributed by atoms with Crippen LogP contribution in [0.1, 0.15) is 5.76 Å². The Morgan fingerprint density at radius 3 is 2.74 bits per heavy atom. The number of thiocarbonyl (C=S) groups is 1. The van der Waals surface area contributed by atoms with Crippen LogP contribution < -0.4 is 20.1 Å². The van der Waals surface area contributed by atoms with Gasteiger partial charge in [0.05, 0.1) is 26.2 Å². The van der Waals surface area contributed by atoms with Gasteiger partial charge < -0.3 is 19.2 Å². The quantitative estimate of drug-likeness (QED) is 0.648. The van der Waals surface area contributed by atoms with Crippen molar-refractivity contribution in [2.75, 3.05) is 19.5 Å². The summed E-state index contributed by atoms with van der Waals surface area (Å²) >= 11 is 5.12. The molecule has 1 aromatic heterocycles. The first kappa shape index (κ1) is 16.6. The molecule has 1 amide bonds. The van der Waals surface area contributed by atoms with E-state index >= 15 is 0 Å². The SMILES string of the molecule is COc1ccc(OC)c(NC(=S)NC(=O)C=Cc2ccco2)c1. The van der Waals surface area contributed by atoms with Crippen LogP contribution in [0.2, 0.25) is 0 Å². The lowest BCUT2D eigenvalue weighted by Gasteiger charge is -2.13. The fraction of sp³-hybridized carbons (Fsp3) is 0.125. The summed E-state index contributed by atoms with van der Waals surface area (Å²) in [5, 5.41) is 5.58. The molecular weight excluding hydrogens is 316 g/mol. The summed E-state index contributed by atoms with van der Waals surface area (Å²) in [6, 6.07) is 8.69. The van der Waals surface area contributed by atoms with Crippen LogP contribution in [0, 0.1) is 0 Å². The van der Waals surface area contributed by atoms with E-state index in [0.717, 1.165) is 0 Å². The second kappa shape index (κ2) is 8.00. The zero-order valence-electron chi connectivity index (χ0n) is 12.7. The molecule has 1 heterocycles. The Labute approximate surface area is 139 Å². The molecule has 2 N–H and O–H groups in total. The van der Waals surface area contributed by atoms with Crippen molar-refractivity contribution in [1.82, 2.24) is 5.32 Å². The van der Waals surface area contributed by atoms with E-state index in [4.69, 9.17) is 26.1 Å². The molecule has 2 rings (SSSR count). The summed E-state index contributed by atoms with van der Waals surface area (Å²) in [4.78, 5) is 11.8. The summed E-state index contributed by atoms with van der Waals surface area (Å²) in [5.74, 6) is 1.42. The highest BCUT2D eigenvalue weighted by atomic mass is 32.1. The molecule has 0 aliphatic heterocycles. The minimum Gasteiger partial charge on any atom is -0.497 e. The van der Waals surface area contributed by atoms with E-state index in [1.165, 1.54) is 12.3 Å². The van der Waals surface area contributed by atoms with Gasteiger partial charge in [-0.1, -0.05) is 0 Å². The average molecular weight is 332 g/mol. The number of furan rings is 1. The van der Waals surface area contributed by atoms with Crippen molar-refractivity contribution in [2.24, 2.45) is 0 Å². The predicted octanol–water partition coefficient (Wildman–Crippen LogP) is 2.82. The van der Waals surface area contributed by atoms with Crippen LogP contribution >= 0.6 is 12.2 Å². The number of hydrogen-bond acceptors (Lipinski definition) is 5. The van der Waals surface area contributed by atoms with Crippen molar-refractivity contribution in [3.8, 4) is 11.5 Å². The summed E-state index contributed by atoms with van der Waals surface area (Å²) in [5.41, 5.74) is 0.590. The van der Waals surface area contributed by atoms with Crippen molar-refractivity contribution < 1.29 is 18.7 Å². The number of ether oxygens (including phenoxy) is 2. The summed E-state index contributed by atoms with van der Waals surface area (Å²) in [7, 11) is 3.10. The molecule has 2 aromatic rings. The molecular formula is C16H16N2O4S. The smallest absolute Gasteiger partial charge is 0.250 e. The lowest BCUT2D eigenvalue weighted by Crippen LogP contribution is -2.32. The second-order valence-corrected chi connectivity index (χ2v) is 4.77. The van der Waals surface area contributed by atoms with Crippen LogP contribution in [0.15, 0.2) is 47.1 Å². The molecule has 23 heavy (non-hydrogen) atoms. The number of nitrogens with one attached hydrogen (secondary N) is 2. The van der Waals surface area contributed by atoms with E-state index in [2.05, 4.69) is 10.6 Å². The third-order valence-corrected chi connectivity index (χ3v) is 3.04. The van der Waals surface area contributed by atoms with Crippen molar-refractivity contribution >= 4 is 35.0 Å². The van der Waals surface area contributed by atoms with E-state index in [1.807, 2.05) is 0 Å². The third-order valence-electron chi connectivity index (χ3n) is 2.83. The van der Waals surface area contributed by atoms with E-state index < -0.39 is 0 Å². The maximum atomic E-state index is 11.8. The second-order valence-electron chi connectivity index (χ2n) is 4.36. The van der Waals surface area contributed by atoms with Crippen LogP contribution in [0.3, 0.4) is 0 Å².